The zero-order valence-corrected chi connectivity index (χ0v) is 18.4. The molecule has 2 fully saturated rings. The van der Waals surface area contributed by atoms with Crippen molar-refractivity contribution in [1.29, 1.82) is 0 Å². The highest BCUT2D eigenvalue weighted by molar-refractivity contribution is 5.80. The number of fused-ring (bicyclic) bond motifs is 1. The van der Waals surface area contributed by atoms with Crippen molar-refractivity contribution >= 4 is 16.7 Å². The minimum Gasteiger partial charge on any atom is -0.373 e. The van der Waals surface area contributed by atoms with Gasteiger partial charge in [0.25, 0.3) is 11.1 Å². The van der Waals surface area contributed by atoms with Crippen LogP contribution in [0, 0.1) is 5.92 Å². The Morgan fingerprint density at radius 3 is 2.39 bits per heavy atom. The number of aryl methyl sites for hydroxylation is 1. The monoisotopic (exact) mass is 428 g/mol. The molecule has 2 aromatic rings. The summed E-state index contributed by atoms with van der Waals surface area (Å²) < 4.78 is 7.08. The number of hydrogen-bond acceptors (Lipinski definition) is 5. The SMILES string of the molecule is CC1CN(CC2CCN(C(=O)CCn3[nH]c(=O)c4ccccc4c3=O)CC2)CC(C)O1. The summed E-state index contributed by atoms with van der Waals surface area (Å²) >= 11 is 0. The quantitative estimate of drug-likeness (QED) is 0.778. The van der Waals surface area contributed by atoms with Gasteiger partial charge in [0.1, 0.15) is 0 Å². The number of ether oxygens (including phenoxy) is 1. The molecule has 3 heterocycles. The number of H-pyrrole nitrogens is 1. The van der Waals surface area contributed by atoms with Crippen molar-refractivity contribution in [2.75, 3.05) is 32.7 Å². The van der Waals surface area contributed by atoms with Crippen molar-refractivity contribution in [3.8, 4) is 0 Å². The van der Waals surface area contributed by atoms with Gasteiger partial charge in [-0.25, -0.2) is 4.68 Å². The average Bonchev–Trinajstić information content (AvgIpc) is 2.75. The fourth-order valence-electron chi connectivity index (χ4n) is 4.93. The van der Waals surface area contributed by atoms with Crippen LogP contribution in [-0.2, 0) is 16.1 Å². The van der Waals surface area contributed by atoms with E-state index in [1.165, 1.54) is 4.68 Å². The van der Waals surface area contributed by atoms with E-state index < -0.39 is 0 Å². The molecule has 2 saturated heterocycles. The lowest BCUT2D eigenvalue weighted by atomic mass is 9.95. The van der Waals surface area contributed by atoms with Crippen LogP contribution in [0.2, 0.25) is 0 Å². The van der Waals surface area contributed by atoms with Gasteiger partial charge in [0, 0.05) is 39.1 Å². The Labute approximate surface area is 181 Å². The van der Waals surface area contributed by atoms with E-state index in [4.69, 9.17) is 4.74 Å². The third kappa shape index (κ3) is 5.07. The molecule has 0 radical (unpaired) electrons. The Morgan fingerprint density at radius 1 is 1.06 bits per heavy atom. The molecule has 2 atom stereocenters. The molecule has 8 nitrogen and oxygen atoms in total. The third-order valence-electron chi connectivity index (χ3n) is 6.41. The highest BCUT2D eigenvalue weighted by Gasteiger charge is 2.28. The van der Waals surface area contributed by atoms with Gasteiger partial charge < -0.3 is 9.64 Å². The molecule has 0 aliphatic carbocycles. The lowest BCUT2D eigenvalue weighted by molar-refractivity contribution is -0.133. The lowest BCUT2D eigenvalue weighted by Crippen LogP contribution is -2.48. The summed E-state index contributed by atoms with van der Waals surface area (Å²) in [6, 6.07) is 6.75. The van der Waals surface area contributed by atoms with E-state index in [9.17, 15) is 14.4 Å². The number of hydrogen-bond donors (Lipinski definition) is 1. The number of carbonyl (C=O) groups is 1. The third-order valence-corrected chi connectivity index (χ3v) is 6.41. The van der Waals surface area contributed by atoms with Crippen molar-refractivity contribution in [2.45, 2.75) is 51.9 Å². The van der Waals surface area contributed by atoms with E-state index in [1.807, 2.05) is 4.90 Å². The molecule has 1 aromatic carbocycles. The van der Waals surface area contributed by atoms with Crippen molar-refractivity contribution in [3.05, 3.63) is 45.0 Å². The fourth-order valence-corrected chi connectivity index (χ4v) is 4.93. The number of nitrogens with one attached hydrogen (secondary N) is 1. The predicted molar refractivity (Wildman–Crippen MR) is 119 cm³/mol. The Balaban J connectivity index is 1.29. The van der Waals surface area contributed by atoms with Crippen LogP contribution < -0.4 is 11.1 Å². The zero-order valence-electron chi connectivity index (χ0n) is 18.4. The Bertz CT molecular complexity index is 1030. The van der Waals surface area contributed by atoms with Gasteiger partial charge in [-0.15, -0.1) is 0 Å². The molecule has 0 spiro atoms. The lowest BCUT2D eigenvalue weighted by Gasteiger charge is -2.39. The molecule has 2 unspecified atom stereocenters. The number of likely N-dealkylation sites (tertiary alicyclic amines) is 1. The van der Waals surface area contributed by atoms with Crippen LogP contribution in [0.5, 0.6) is 0 Å². The second kappa shape index (κ2) is 9.36. The van der Waals surface area contributed by atoms with Gasteiger partial charge in [-0.05, 0) is 44.7 Å². The summed E-state index contributed by atoms with van der Waals surface area (Å²) in [5.74, 6) is 0.633. The Kier molecular flexibility index (Phi) is 6.57. The molecule has 0 bridgehead atoms. The molecular weight excluding hydrogens is 396 g/mol. The Morgan fingerprint density at radius 2 is 1.71 bits per heavy atom. The number of carbonyl (C=O) groups excluding carboxylic acids is 1. The number of benzene rings is 1. The van der Waals surface area contributed by atoms with E-state index in [0.29, 0.717) is 16.7 Å². The highest BCUT2D eigenvalue weighted by atomic mass is 16.5. The largest absolute Gasteiger partial charge is 0.373 e. The van der Waals surface area contributed by atoms with Crippen LogP contribution in [0.4, 0.5) is 0 Å². The average molecular weight is 429 g/mol. The van der Waals surface area contributed by atoms with Crippen LogP contribution in [0.25, 0.3) is 10.8 Å². The number of rotatable bonds is 5. The smallest absolute Gasteiger partial charge is 0.273 e. The van der Waals surface area contributed by atoms with Crippen LogP contribution in [0.1, 0.15) is 33.1 Å². The molecule has 1 aromatic heterocycles. The molecule has 2 aliphatic rings. The van der Waals surface area contributed by atoms with E-state index in [1.54, 1.807) is 24.3 Å². The van der Waals surface area contributed by atoms with Crippen molar-refractivity contribution < 1.29 is 9.53 Å². The second-order valence-corrected chi connectivity index (χ2v) is 8.99. The number of piperidine rings is 1. The summed E-state index contributed by atoms with van der Waals surface area (Å²) in [5, 5.41) is 3.36. The second-order valence-electron chi connectivity index (χ2n) is 8.99. The van der Waals surface area contributed by atoms with Gasteiger partial charge in [-0.1, -0.05) is 12.1 Å². The van der Waals surface area contributed by atoms with Gasteiger partial charge in [-0.2, -0.15) is 0 Å². The molecule has 2 aliphatic heterocycles. The van der Waals surface area contributed by atoms with Crippen molar-refractivity contribution in [1.82, 2.24) is 19.6 Å². The summed E-state index contributed by atoms with van der Waals surface area (Å²) in [6.07, 6.45) is 2.75. The number of morpholine rings is 1. The van der Waals surface area contributed by atoms with Crippen LogP contribution in [0.3, 0.4) is 0 Å². The van der Waals surface area contributed by atoms with Gasteiger partial charge in [0.05, 0.1) is 29.5 Å². The van der Waals surface area contributed by atoms with Crippen molar-refractivity contribution in [2.24, 2.45) is 5.92 Å². The van der Waals surface area contributed by atoms with Gasteiger partial charge in [0.15, 0.2) is 0 Å². The Hall–Kier alpha value is -2.45. The molecule has 4 rings (SSSR count). The van der Waals surface area contributed by atoms with Gasteiger partial charge >= 0.3 is 0 Å². The molecule has 168 valence electrons. The van der Waals surface area contributed by atoms with E-state index in [-0.39, 0.29) is 42.2 Å². The normalized spacial score (nSPS) is 23.4. The number of aromatic nitrogens is 2. The first kappa shape index (κ1) is 21.8. The topological polar surface area (TPSA) is 87.6 Å². The van der Waals surface area contributed by atoms with Gasteiger partial charge in [0.2, 0.25) is 5.91 Å². The molecule has 8 heteroatoms. The summed E-state index contributed by atoms with van der Waals surface area (Å²) in [5.41, 5.74) is -0.578. The highest BCUT2D eigenvalue weighted by Crippen LogP contribution is 2.21. The predicted octanol–water partition coefficient (Wildman–Crippen LogP) is 1.43. The zero-order chi connectivity index (χ0) is 22.0. The van der Waals surface area contributed by atoms with Crippen LogP contribution in [-0.4, -0.2) is 70.4 Å². The molecular formula is C23H32N4O4. The minimum atomic E-state index is -0.310. The first-order valence-corrected chi connectivity index (χ1v) is 11.3. The summed E-state index contributed by atoms with van der Waals surface area (Å²) in [4.78, 5) is 41.9. The van der Waals surface area contributed by atoms with Crippen LogP contribution in [0.15, 0.2) is 33.9 Å². The fraction of sp³-hybridized carbons (Fsp3) is 0.609. The van der Waals surface area contributed by atoms with E-state index in [2.05, 4.69) is 23.8 Å². The molecule has 0 saturated carbocycles. The molecule has 31 heavy (non-hydrogen) atoms. The number of nitrogens with zero attached hydrogens (tertiary/aromatic N) is 3. The first-order valence-electron chi connectivity index (χ1n) is 11.3. The van der Waals surface area contributed by atoms with Crippen molar-refractivity contribution in [3.63, 3.8) is 0 Å². The first-order chi connectivity index (χ1) is 14.9. The maximum atomic E-state index is 12.7. The standard InChI is InChI=1S/C23H32N4O4/c1-16-13-25(14-17(2)31-16)15-18-7-10-26(11-8-18)21(28)9-12-27-23(30)20-6-4-3-5-19(20)22(29)24-27/h3-6,16-18H,7-15H2,1-2H3,(H,24,29). The molecule has 1 N–H and O–H groups in total. The maximum absolute atomic E-state index is 12.7. The van der Waals surface area contributed by atoms with Crippen LogP contribution >= 0.6 is 0 Å². The minimum absolute atomic E-state index is 0.0352. The number of aromatic amines is 1. The summed E-state index contributed by atoms with van der Waals surface area (Å²) in [6.45, 7) is 8.94. The van der Waals surface area contributed by atoms with Gasteiger partial charge in [-0.3, -0.25) is 24.4 Å². The maximum Gasteiger partial charge on any atom is 0.273 e. The molecule has 1 amide bonds. The number of amides is 1. The summed E-state index contributed by atoms with van der Waals surface area (Å²) in [7, 11) is 0. The van der Waals surface area contributed by atoms with E-state index >= 15 is 0 Å². The van der Waals surface area contributed by atoms with E-state index in [0.717, 1.165) is 45.6 Å².